The van der Waals surface area contributed by atoms with Gasteiger partial charge >= 0.3 is 0 Å². The lowest BCUT2D eigenvalue weighted by Crippen LogP contribution is -1.79. The Hall–Kier alpha value is -0.500. The monoisotopic (exact) mass is 172 g/mol. The quantitative estimate of drug-likeness (QED) is 0.569. The van der Waals surface area contributed by atoms with E-state index in [-0.39, 0.29) is 5.82 Å². The fraction of sp³-hybridized carbons (Fsp3) is 0.333. The standard InChI is InChI=1S/C7H7FS.C2H6/c1-5-2-3-6(9)4-7(5)8;1-2/h2-4,9H,1H3;1-2H3. The summed E-state index contributed by atoms with van der Waals surface area (Å²) in [5.41, 5.74) is 0.660. The largest absolute Gasteiger partial charge is 0.207 e. The molecule has 0 N–H and O–H groups in total. The fourth-order valence-electron chi connectivity index (χ4n) is 0.582. The third kappa shape index (κ3) is 3.42. The number of rotatable bonds is 0. The van der Waals surface area contributed by atoms with E-state index >= 15 is 0 Å². The van der Waals surface area contributed by atoms with Crippen LogP contribution in [0.15, 0.2) is 23.1 Å². The van der Waals surface area contributed by atoms with Crippen LogP contribution in [0.5, 0.6) is 0 Å². The van der Waals surface area contributed by atoms with E-state index < -0.39 is 0 Å². The molecule has 0 heterocycles. The lowest BCUT2D eigenvalue weighted by molar-refractivity contribution is 0.615. The zero-order valence-corrected chi connectivity index (χ0v) is 7.95. The van der Waals surface area contributed by atoms with Crippen molar-refractivity contribution in [1.82, 2.24) is 0 Å². The summed E-state index contributed by atoms with van der Waals surface area (Å²) >= 11 is 3.96. The number of benzene rings is 1. The second-order valence-corrected chi connectivity index (χ2v) is 2.45. The first-order valence-electron chi connectivity index (χ1n) is 3.65. The minimum absolute atomic E-state index is 0.192. The topological polar surface area (TPSA) is 0 Å². The molecule has 0 unspecified atom stereocenters. The zero-order chi connectivity index (χ0) is 8.85. The van der Waals surface area contributed by atoms with Crippen LogP contribution in [0, 0.1) is 12.7 Å². The van der Waals surface area contributed by atoms with Gasteiger partial charge < -0.3 is 0 Å². The highest BCUT2D eigenvalue weighted by Crippen LogP contribution is 2.11. The first-order valence-corrected chi connectivity index (χ1v) is 4.10. The van der Waals surface area contributed by atoms with Crippen molar-refractivity contribution >= 4 is 12.6 Å². The van der Waals surface area contributed by atoms with Gasteiger partial charge in [0.15, 0.2) is 0 Å². The molecule has 0 aliphatic rings. The number of hydrogen-bond acceptors (Lipinski definition) is 1. The van der Waals surface area contributed by atoms with Crippen LogP contribution in [0.2, 0.25) is 0 Å². The van der Waals surface area contributed by atoms with Crippen molar-refractivity contribution in [2.45, 2.75) is 25.7 Å². The molecule has 0 nitrogen and oxygen atoms in total. The molecular formula is C9H13FS. The molecule has 0 bridgehead atoms. The van der Waals surface area contributed by atoms with Crippen molar-refractivity contribution in [1.29, 1.82) is 0 Å². The van der Waals surface area contributed by atoms with Crippen LogP contribution in [0.3, 0.4) is 0 Å². The molecule has 0 spiro atoms. The molecule has 0 aromatic heterocycles. The molecule has 11 heavy (non-hydrogen) atoms. The van der Waals surface area contributed by atoms with Gasteiger partial charge in [0, 0.05) is 4.90 Å². The Bertz CT molecular complexity index is 221. The summed E-state index contributed by atoms with van der Waals surface area (Å²) in [6.07, 6.45) is 0. The van der Waals surface area contributed by atoms with E-state index in [9.17, 15) is 4.39 Å². The van der Waals surface area contributed by atoms with Crippen LogP contribution in [-0.2, 0) is 0 Å². The predicted molar refractivity (Wildman–Crippen MR) is 49.7 cm³/mol. The lowest BCUT2D eigenvalue weighted by Gasteiger charge is -1.94. The van der Waals surface area contributed by atoms with Crippen LogP contribution in [0.1, 0.15) is 19.4 Å². The molecule has 0 saturated carbocycles. The third-order valence-electron chi connectivity index (χ3n) is 1.16. The van der Waals surface area contributed by atoms with E-state index in [1.54, 1.807) is 19.1 Å². The molecule has 1 aromatic rings. The van der Waals surface area contributed by atoms with Gasteiger partial charge in [0.2, 0.25) is 0 Å². The van der Waals surface area contributed by atoms with E-state index in [1.165, 1.54) is 6.07 Å². The first kappa shape index (κ1) is 10.5. The molecule has 0 radical (unpaired) electrons. The Kier molecular flexibility index (Phi) is 4.95. The van der Waals surface area contributed by atoms with Crippen LogP contribution in [-0.4, -0.2) is 0 Å². The fourth-order valence-corrected chi connectivity index (χ4v) is 0.770. The van der Waals surface area contributed by atoms with Crippen LogP contribution < -0.4 is 0 Å². The Labute approximate surface area is 72.9 Å². The molecule has 62 valence electrons. The van der Waals surface area contributed by atoms with Gasteiger partial charge in [-0.1, -0.05) is 19.9 Å². The van der Waals surface area contributed by atoms with Gasteiger partial charge in [0.25, 0.3) is 0 Å². The maximum Gasteiger partial charge on any atom is 0.127 e. The third-order valence-corrected chi connectivity index (χ3v) is 1.43. The van der Waals surface area contributed by atoms with Gasteiger partial charge in [-0.3, -0.25) is 0 Å². The number of halogens is 1. The smallest absolute Gasteiger partial charge is 0.127 e. The second-order valence-electron chi connectivity index (χ2n) is 1.93. The highest BCUT2D eigenvalue weighted by molar-refractivity contribution is 7.80. The normalized spacial score (nSPS) is 8.45. The molecular weight excluding hydrogens is 159 g/mol. The minimum Gasteiger partial charge on any atom is -0.207 e. The highest BCUT2D eigenvalue weighted by atomic mass is 32.1. The van der Waals surface area contributed by atoms with Gasteiger partial charge in [-0.2, -0.15) is 0 Å². The van der Waals surface area contributed by atoms with Crippen molar-refractivity contribution < 1.29 is 4.39 Å². The lowest BCUT2D eigenvalue weighted by atomic mass is 10.2. The highest BCUT2D eigenvalue weighted by Gasteiger charge is 1.93. The molecule has 0 aliphatic carbocycles. The molecule has 0 amide bonds. The van der Waals surface area contributed by atoms with Crippen molar-refractivity contribution in [2.75, 3.05) is 0 Å². The summed E-state index contributed by atoms with van der Waals surface area (Å²) < 4.78 is 12.5. The summed E-state index contributed by atoms with van der Waals surface area (Å²) in [5, 5.41) is 0. The SMILES string of the molecule is CC.Cc1ccc(S)cc1F. The van der Waals surface area contributed by atoms with Crippen molar-refractivity contribution in [3.05, 3.63) is 29.6 Å². The summed E-state index contributed by atoms with van der Waals surface area (Å²) in [6, 6.07) is 4.87. The average molecular weight is 172 g/mol. The van der Waals surface area contributed by atoms with E-state index in [0.717, 1.165) is 0 Å². The van der Waals surface area contributed by atoms with Crippen LogP contribution in [0.25, 0.3) is 0 Å². The van der Waals surface area contributed by atoms with E-state index in [4.69, 9.17) is 0 Å². The minimum atomic E-state index is -0.192. The van der Waals surface area contributed by atoms with Crippen LogP contribution in [0.4, 0.5) is 4.39 Å². The summed E-state index contributed by atoms with van der Waals surface area (Å²) in [6.45, 7) is 5.72. The van der Waals surface area contributed by atoms with Gasteiger partial charge in [-0.05, 0) is 24.6 Å². The van der Waals surface area contributed by atoms with Crippen LogP contribution >= 0.6 is 12.6 Å². The number of aryl methyl sites for hydroxylation is 1. The average Bonchev–Trinajstić information content (AvgIpc) is 2.02. The van der Waals surface area contributed by atoms with Gasteiger partial charge in [0.1, 0.15) is 5.82 Å². The van der Waals surface area contributed by atoms with Crippen molar-refractivity contribution in [3.8, 4) is 0 Å². The number of hydrogen-bond donors (Lipinski definition) is 1. The van der Waals surface area contributed by atoms with Crippen molar-refractivity contribution in [3.63, 3.8) is 0 Å². The molecule has 1 aromatic carbocycles. The molecule has 1 rings (SSSR count). The second kappa shape index (κ2) is 5.19. The Balaban J connectivity index is 0.000000461. The van der Waals surface area contributed by atoms with Crippen molar-refractivity contribution in [2.24, 2.45) is 0 Å². The molecule has 0 atom stereocenters. The molecule has 2 heteroatoms. The maximum absolute atomic E-state index is 12.5. The summed E-state index contributed by atoms with van der Waals surface area (Å²) in [7, 11) is 0. The summed E-state index contributed by atoms with van der Waals surface area (Å²) in [4.78, 5) is 0.665. The first-order chi connectivity index (χ1) is 5.20. The van der Waals surface area contributed by atoms with Gasteiger partial charge in [-0.25, -0.2) is 4.39 Å². The molecule has 0 aliphatic heterocycles. The Morgan fingerprint density at radius 2 is 1.82 bits per heavy atom. The molecule has 0 saturated heterocycles. The van der Waals surface area contributed by atoms with Gasteiger partial charge in [0.05, 0.1) is 0 Å². The number of thiol groups is 1. The molecule has 0 fully saturated rings. The predicted octanol–water partition coefficient (Wildman–Crippen LogP) is 3.45. The van der Waals surface area contributed by atoms with E-state index in [1.807, 2.05) is 13.8 Å². The Morgan fingerprint density at radius 1 is 1.27 bits per heavy atom. The summed E-state index contributed by atoms with van der Waals surface area (Å²) in [5.74, 6) is -0.192. The van der Waals surface area contributed by atoms with Gasteiger partial charge in [-0.15, -0.1) is 12.6 Å². The zero-order valence-electron chi connectivity index (χ0n) is 7.06. The Morgan fingerprint density at radius 3 is 2.18 bits per heavy atom. The van der Waals surface area contributed by atoms with E-state index in [0.29, 0.717) is 10.5 Å². The maximum atomic E-state index is 12.5. The van der Waals surface area contributed by atoms with E-state index in [2.05, 4.69) is 12.6 Å².